The molecule has 0 spiro atoms. The number of morpholine rings is 1. The average molecular weight is 268 g/mol. The van der Waals surface area contributed by atoms with Gasteiger partial charge in [-0.05, 0) is 37.5 Å². The van der Waals surface area contributed by atoms with Gasteiger partial charge >= 0.3 is 0 Å². The molecule has 0 aromatic heterocycles. The van der Waals surface area contributed by atoms with Gasteiger partial charge in [0.15, 0.2) is 0 Å². The summed E-state index contributed by atoms with van der Waals surface area (Å²) in [6.45, 7) is 12.2. The Kier molecular flexibility index (Phi) is 6.11. The zero-order chi connectivity index (χ0) is 13.7. The van der Waals surface area contributed by atoms with Gasteiger partial charge in [-0.3, -0.25) is 4.90 Å². The normalized spacial score (nSPS) is 24.6. The number of hydrogen-bond donors (Lipinski definition) is 1. The lowest BCUT2D eigenvalue weighted by molar-refractivity contribution is 0.0116. The van der Waals surface area contributed by atoms with Gasteiger partial charge in [0.1, 0.15) is 0 Å². The highest BCUT2D eigenvalue weighted by atomic mass is 16.5. The first-order chi connectivity index (χ1) is 9.20. The molecule has 0 aromatic rings. The Bertz CT molecular complexity index is 247. The second-order valence-corrected chi connectivity index (χ2v) is 6.69. The molecule has 0 radical (unpaired) electrons. The molecule has 3 heteroatoms. The third kappa shape index (κ3) is 5.05. The van der Waals surface area contributed by atoms with E-state index in [4.69, 9.17) is 4.74 Å². The van der Waals surface area contributed by atoms with Crippen molar-refractivity contribution in [1.29, 1.82) is 0 Å². The largest absolute Gasteiger partial charge is 0.379 e. The van der Waals surface area contributed by atoms with Gasteiger partial charge in [-0.2, -0.15) is 0 Å². The summed E-state index contributed by atoms with van der Waals surface area (Å²) in [6.07, 6.45) is 5.46. The maximum absolute atomic E-state index is 5.49. The van der Waals surface area contributed by atoms with Crippen LogP contribution in [0.15, 0.2) is 0 Å². The smallest absolute Gasteiger partial charge is 0.0594 e. The van der Waals surface area contributed by atoms with Crippen molar-refractivity contribution in [1.82, 2.24) is 10.2 Å². The van der Waals surface area contributed by atoms with Crippen molar-refractivity contribution in [3.8, 4) is 0 Å². The molecule has 2 aliphatic rings. The van der Waals surface area contributed by atoms with Crippen molar-refractivity contribution in [2.24, 2.45) is 11.8 Å². The summed E-state index contributed by atoms with van der Waals surface area (Å²) in [5, 5.41) is 3.85. The molecule has 1 aliphatic carbocycles. The van der Waals surface area contributed by atoms with Gasteiger partial charge in [-0.25, -0.2) is 0 Å². The molecule has 112 valence electrons. The minimum Gasteiger partial charge on any atom is -0.379 e. The number of nitrogens with zero attached hydrogens (tertiary/aromatic N) is 1. The maximum Gasteiger partial charge on any atom is 0.0594 e. The zero-order valence-electron chi connectivity index (χ0n) is 13.0. The minimum atomic E-state index is 0.691. The van der Waals surface area contributed by atoms with Crippen LogP contribution < -0.4 is 5.32 Å². The van der Waals surface area contributed by atoms with E-state index in [1.807, 2.05) is 0 Å². The van der Waals surface area contributed by atoms with E-state index in [1.54, 1.807) is 0 Å². The highest BCUT2D eigenvalue weighted by Gasteiger charge is 2.30. The first-order valence-electron chi connectivity index (χ1n) is 8.25. The Morgan fingerprint density at radius 1 is 1.21 bits per heavy atom. The molecule has 0 amide bonds. The van der Waals surface area contributed by atoms with Gasteiger partial charge in [0, 0.05) is 31.7 Å². The summed E-state index contributed by atoms with van der Waals surface area (Å²) in [5.74, 6) is 1.74. The Balaban J connectivity index is 1.81. The number of nitrogens with one attached hydrogen (secondary N) is 1. The standard InChI is InChI=1S/C16H32N2O/c1-4-16(14-5-6-14)17-12-15(11-13(2)3)18-7-9-19-10-8-18/h13-17H,4-12H2,1-3H3. The molecule has 1 saturated heterocycles. The first kappa shape index (κ1) is 15.3. The molecule has 1 aliphatic heterocycles. The molecule has 2 atom stereocenters. The van der Waals surface area contributed by atoms with Crippen LogP contribution in [0.1, 0.15) is 46.5 Å². The molecule has 3 nitrogen and oxygen atoms in total. The van der Waals surface area contributed by atoms with Crippen LogP contribution in [0.3, 0.4) is 0 Å². The molecule has 0 bridgehead atoms. The van der Waals surface area contributed by atoms with E-state index in [0.29, 0.717) is 6.04 Å². The van der Waals surface area contributed by atoms with Crippen molar-refractivity contribution >= 4 is 0 Å². The zero-order valence-corrected chi connectivity index (χ0v) is 13.0. The average Bonchev–Trinajstić information content (AvgIpc) is 3.23. The monoisotopic (exact) mass is 268 g/mol. The molecular formula is C16H32N2O. The molecule has 2 unspecified atom stereocenters. The predicted octanol–water partition coefficient (Wildman–Crippen LogP) is 2.51. The summed E-state index contributed by atoms with van der Waals surface area (Å²) in [7, 11) is 0. The van der Waals surface area contributed by atoms with E-state index < -0.39 is 0 Å². The predicted molar refractivity (Wildman–Crippen MR) is 80.4 cm³/mol. The van der Waals surface area contributed by atoms with Crippen LogP contribution in [0.2, 0.25) is 0 Å². The molecule has 2 fully saturated rings. The Morgan fingerprint density at radius 3 is 2.42 bits per heavy atom. The van der Waals surface area contributed by atoms with Crippen LogP contribution in [-0.4, -0.2) is 49.8 Å². The van der Waals surface area contributed by atoms with Crippen molar-refractivity contribution < 1.29 is 4.74 Å². The summed E-state index contributed by atoms with van der Waals surface area (Å²) >= 11 is 0. The lowest BCUT2D eigenvalue weighted by atomic mass is 10.0. The van der Waals surface area contributed by atoms with Gasteiger partial charge in [0.25, 0.3) is 0 Å². The van der Waals surface area contributed by atoms with Crippen LogP contribution >= 0.6 is 0 Å². The molecule has 1 N–H and O–H groups in total. The lowest BCUT2D eigenvalue weighted by Gasteiger charge is -2.36. The van der Waals surface area contributed by atoms with Gasteiger partial charge < -0.3 is 10.1 Å². The van der Waals surface area contributed by atoms with Gasteiger partial charge in [0.05, 0.1) is 13.2 Å². The van der Waals surface area contributed by atoms with Crippen molar-refractivity contribution in [2.75, 3.05) is 32.8 Å². The molecule has 1 heterocycles. The van der Waals surface area contributed by atoms with Gasteiger partial charge in [0.2, 0.25) is 0 Å². The van der Waals surface area contributed by atoms with Crippen LogP contribution in [0.5, 0.6) is 0 Å². The van der Waals surface area contributed by atoms with Gasteiger partial charge in [-0.15, -0.1) is 0 Å². The number of rotatable bonds is 8. The van der Waals surface area contributed by atoms with E-state index in [2.05, 4.69) is 31.0 Å². The van der Waals surface area contributed by atoms with E-state index in [0.717, 1.165) is 50.7 Å². The highest BCUT2D eigenvalue weighted by Crippen LogP contribution is 2.33. The van der Waals surface area contributed by atoms with Crippen molar-refractivity contribution in [2.45, 2.75) is 58.5 Å². The molecule has 2 rings (SSSR count). The Hall–Kier alpha value is -0.120. The van der Waals surface area contributed by atoms with Crippen LogP contribution in [0.4, 0.5) is 0 Å². The van der Waals surface area contributed by atoms with Gasteiger partial charge in [-0.1, -0.05) is 20.8 Å². The maximum atomic E-state index is 5.49. The first-order valence-corrected chi connectivity index (χ1v) is 8.25. The third-order valence-corrected chi connectivity index (χ3v) is 4.55. The summed E-state index contributed by atoms with van der Waals surface area (Å²) < 4.78 is 5.49. The second kappa shape index (κ2) is 7.61. The highest BCUT2D eigenvalue weighted by molar-refractivity contribution is 4.87. The van der Waals surface area contributed by atoms with E-state index in [-0.39, 0.29) is 0 Å². The third-order valence-electron chi connectivity index (χ3n) is 4.55. The molecule has 1 saturated carbocycles. The molecule has 0 aromatic carbocycles. The van der Waals surface area contributed by atoms with Crippen LogP contribution in [-0.2, 0) is 4.74 Å². The second-order valence-electron chi connectivity index (χ2n) is 6.69. The number of ether oxygens (including phenoxy) is 1. The van der Waals surface area contributed by atoms with Crippen molar-refractivity contribution in [3.63, 3.8) is 0 Å². The summed E-state index contributed by atoms with van der Waals surface area (Å²) in [4.78, 5) is 2.64. The number of hydrogen-bond acceptors (Lipinski definition) is 3. The summed E-state index contributed by atoms with van der Waals surface area (Å²) in [5.41, 5.74) is 0. The SMILES string of the molecule is CCC(NCC(CC(C)C)N1CCOCC1)C1CC1. The van der Waals surface area contributed by atoms with Crippen molar-refractivity contribution in [3.05, 3.63) is 0 Å². The van der Waals surface area contributed by atoms with E-state index in [9.17, 15) is 0 Å². The van der Waals surface area contributed by atoms with E-state index in [1.165, 1.54) is 25.7 Å². The molecular weight excluding hydrogens is 236 g/mol. The van der Waals surface area contributed by atoms with Crippen LogP contribution in [0, 0.1) is 11.8 Å². The quantitative estimate of drug-likeness (QED) is 0.732. The topological polar surface area (TPSA) is 24.5 Å². The Morgan fingerprint density at radius 2 is 1.89 bits per heavy atom. The van der Waals surface area contributed by atoms with Crippen LogP contribution in [0.25, 0.3) is 0 Å². The van der Waals surface area contributed by atoms with E-state index >= 15 is 0 Å². The Labute approximate surface area is 119 Å². The fourth-order valence-electron chi connectivity index (χ4n) is 3.28. The minimum absolute atomic E-state index is 0.691. The fourth-order valence-corrected chi connectivity index (χ4v) is 3.28. The summed E-state index contributed by atoms with van der Waals surface area (Å²) in [6, 6.07) is 1.45. The lowest BCUT2D eigenvalue weighted by Crippen LogP contribution is -2.50. The molecule has 19 heavy (non-hydrogen) atoms. The fraction of sp³-hybridized carbons (Fsp3) is 1.00.